The highest BCUT2D eigenvalue weighted by Gasteiger charge is 2.40. The highest BCUT2D eigenvalue weighted by molar-refractivity contribution is 5.92. The zero-order chi connectivity index (χ0) is 30.6. The lowest BCUT2D eigenvalue weighted by Crippen LogP contribution is -2.37. The second kappa shape index (κ2) is 13.1. The molecule has 1 unspecified atom stereocenters. The Morgan fingerprint density at radius 2 is 1.95 bits per heavy atom. The number of H-pyrrole nitrogens is 1. The lowest BCUT2D eigenvalue weighted by atomic mass is 9.88. The number of rotatable bonds is 10. The van der Waals surface area contributed by atoms with Gasteiger partial charge in [0.15, 0.2) is 0 Å². The van der Waals surface area contributed by atoms with E-state index in [9.17, 15) is 18.4 Å². The van der Waals surface area contributed by atoms with Crippen LogP contribution >= 0.6 is 0 Å². The van der Waals surface area contributed by atoms with Gasteiger partial charge in [-0.15, -0.1) is 0 Å². The fraction of sp³-hybridized carbons (Fsp3) is 0.406. The van der Waals surface area contributed by atoms with Gasteiger partial charge in [-0.25, -0.2) is 13.8 Å². The maximum absolute atomic E-state index is 15.0. The molecule has 2 aromatic heterocycles. The van der Waals surface area contributed by atoms with E-state index in [-0.39, 0.29) is 11.5 Å². The van der Waals surface area contributed by atoms with Crippen LogP contribution < -0.4 is 15.8 Å². The third-order valence-electron chi connectivity index (χ3n) is 8.45. The summed E-state index contributed by atoms with van der Waals surface area (Å²) < 4.78 is 41.3. The van der Waals surface area contributed by atoms with E-state index in [4.69, 9.17) is 9.26 Å². The van der Waals surface area contributed by atoms with Crippen molar-refractivity contribution in [1.29, 1.82) is 0 Å². The number of anilines is 2. The number of benzene rings is 2. The maximum atomic E-state index is 15.0. The average Bonchev–Trinajstić information content (AvgIpc) is 3.75. The number of hydrogen-bond donors (Lipinski definition) is 2. The van der Waals surface area contributed by atoms with E-state index in [1.807, 2.05) is 10.8 Å². The number of carbonyl (C=O) groups is 1. The molecule has 0 aliphatic carbocycles. The number of aryl methyl sites for hydroxylation is 2. The van der Waals surface area contributed by atoms with Gasteiger partial charge in [0.05, 0.1) is 25.7 Å². The third kappa shape index (κ3) is 6.76. The topological polar surface area (TPSA) is 109 Å². The molecule has 2 aliphatic heterocycles. The molecule has 12 heteroatoms. The van der Waals surface area contributed by atoms with E-state index in [1.165, 1.54) is 18.2 Å². The van der Waals surface area contributed by atoms with Gasteiger partial charge in [0.25, 0.3) is 5.56 Å². The minimum Gasteiger partial charge on any atom is -0.384 e. The number of carbonyl (C=O) groups excluding carboxylic acids is 1. The molecule has 232 valence electrons. The average molecular weight is 607 g/mol. The Labute approximate surface area is 253 Å². The fourth-order valence-corrected chi connectivity index (χ4v) is 6.23. The summed E-state index contributed by atoms with van der Waals surface area (Å²) in [6, 6.07) is 11.3. The first-order valence-corrected chi connectivity index (χ1v) is 14.9. The standard InChI is InChI=1S/C32H36F2N6O4/c1-21-4-5-22(29(15-21)39-11-13-43-14-12-39)18-40-10-8-35-32(40)36-31(42)27-20-38(9-2-3-24-17-30(41)37-44-24)19-26(27)25-7-6-23(33)16-28(25)34/h4-8,10,15-17,26-27H,2-3,9,11-14,18-20H2,1H3,(H,37,41)(H,35,36,42)/t26-,27?/m0/s1. The summed E-state index contributed by atoms with van der Waals surface area (Å²) in [6.07, 6.45) is 4.70. The van der Waals surface area contributed by atoms with Crippen LogP contribution in [0.15, 0.2) is 64.2 Å². The van der Waals surface area contributed by atoms with Crippen molar-refractivity contribution < 1.29 is 22.8 Å². The van der Waals surface area contributed by atoms with Crippen LogP contribution in [0.4, 0.5) is 20.4 Å². The van der Waals surface area contributed by atoms with Gasteiger partial charge in [0, 0.05) is 68.7 Å². The van der Waals surface area contributed by atoms with Gasteiger partial charge in [0.2, 0.25) is 11.9 Å². The van der Waals surface area contributed by atoms with Crippen LogP contribution in [0, 0.1) is 24.5 Å². The minimum absolute atomic E-state index is 0.275. The molecular weight excluding hydrogens is 570 g/mol. The Hall–Kier alpha value is -4.29. The normalized spacial score (nSPS) is 19.0. The second-order valence-corrected chi connectivity index (χ2v) is 11.5. The summed E-state index contributed by atoms with van der Waals surface area (Å²) in [5.74, 6) is -1.71. The van der Waals surface area contributed by atoms with Crippen LogP contribution in [0.25, 0.3) is 0 Å². The molecule has 2 N–H and O–H groups in total. The van der Waals surface area contributed by atoms with Crippen molar-refractivity contribution in [2.45, 2.75) is 32.2 Å². The Morgan fingerprint density at radius 1 is 1.11 bits per heavy atom. The molecule has 0 saturated carbocycles. The number of amides is 1. The Morgan fingerprint density at radius 3 is 2.73 bits per heavy atom. The molecular formula is C32H36F2N6O4. The van der Waals surface area contributed by atoms with Crippen molar-refractivity contribution in [3.63, 3.8) is 0 Å². The molecule has 1 amide bonds. The first-order chi connectivity index (χ1) is 21.3. The number of aromatic amines is 1. The summed E-state index contributed by atoms with van der Waals surface area (Å²) in [4.78, 5) is 34.0. The minimum atomic E-state index is -0.666. The number of morpholine rings is 1. The predicted molar refractivity (Wildman–Crippen MR) is 161 cm³/mol. The fourth-order valence-electron chi connectivity index (χ4n) is 6.23. The zero-order valence-electron chi connectivity index (χ0n) is 24.6. The van der Waals surface area contributed by atoms with E-state index in [2.05, 4.69) is 50.4 Å². The number of nitrogens with zero attached hydrogens (tertiary/aromatic N) is 4. The van der Waals surface area contributed by atoms with Gasteiger partial charge < -0.3 is 23.6 Å². The number of nitrogens with one attached hydrogen (secondary N) is 2. The molecule has 4 heterocycles. The Bertz CT molecular complexity index is 1660. The number of ether oxygens (including phenoxy) is 1. The van der Waals surface area contributed by atoms with E-state index in [0.717, 1.165) is 36.0 Å². The van der Waals surface area contributed by atoms with Gasteiger partial charge in [-0.2, -0.15) is 5.16 Å². The van der Waals surface area contributed by atoms with Crippen LogP contribution in [0.3, 0.4) is 0 Å². The summed E-state index contributed by atoms with van der Waals surface area (Å²) >= 11 is 0. The van der Waals surface area contributed by atoms with E-state index < -0.39 is 23.5 Å². The lowest BCUT2D eigenvalue weighted by Gasteiger charge is -2.31. The van der Waals surface area contributed by atoms with Gasteiger partial charge in [0.1, 0.15) is 17.4 Å². The van der Waals surface area contributed by atoms with E-state index in [0.29, 0.717) is 69.5 Å². The summed E-state index contributed by atoms with van der Waals surface area (Å²) in [6.45, 7) is 6.98. The molecule has 4 aromatic rings. The number of likely N-dealkylation sites (tertiary alicyclic amines) is 1. The predicted octanol–water partition coefficient (Wildman–Crippen LogP) is 3.92. The van der Waals surface area contributed by atoms with Crippen molar-refractivity contribution in [3.05, 3.63) is 99.3 Å². The number of halogens is 2. The summed E-state index contributed by atoms with van der Waals surface area (Å²) in [5.41, 5.74) is 3.42. The number of aromatic nitrogens is 3. The quantitative estimate of drug-likeness (QED) is 0.282. The van der Waals surface area contributed by atoms with Crippen molar-refractivity contribution in [2.75, 3.05) is 56.2 Å². The second-order valence-electron chi connectivity index (χ2n) is 11.5. The van der Waals surface area contributed by atoms with E-state index >= 15 is 0 Å². The first kappa shape index (κ1) is 29.8. The number of imidazole rings is 1. The lowest BCUT2D eigenvalue weighted by molar-refractivity contribution is -0.120. The van der Waals surface area contributed by atoms with Crippen LogP contribution in [-0.4, -0.2) is 71.5 Å². The SMILES string of the molecule is Cc1ccc(Cn2ccnc2NC(=O)C2CN(CCCc3cc(=O)[nH]o3)C[C@H]2c2ccc(F)cc2F)c(N2CCOCC2)c1. The van der Waals surface area contributed by atoms with Crippen LogP contribution in [0.1, 0.15) is 34.8 Å². The highest BCUT2D eigenvalue weighted by atomic mass is 19.1. The molecule has 2 aromatic carbocycles. The molecule has 0 bridgehead atoms. The molecule has 0 spiro atoms. The van der Waals surface area contributed by atoms with Gasteiger partial charge in [-0.1, -0.05) is 18.2 Å². The molecule has 2 atom stereocenters. The van der Waals surface area contributed by atoms with Crippen molar-refractivity contribution >= 4 is 17.5 Å². The largest absolute Gasteiger partial charge is 0.384 e. The summed E-state index contributed by atoms with van der Waals surface area (Å²) in [7, 11) is 0. The zero-order valence-corrected chi connectivity index (χ0v) is 24.6. The van der Waals surface area contributed by atoms with Crippen LogP contribution in [-0.2, 0) is 22.5 Å². The number of hydrogen-bond acceptors (Lipinski definition) is 7. The van der Waals surface area contributed by atoms with E-state index in [1.54, 1.807) is 6.20 Å². The van der Waals surface area contributed by atoms with Gasteiger partial charge in [-0.3, -0.25) is 14.9 Å². The van der Waals surface area contributed by atoms with Crippen molar-refractivity contribution in [2.24, 2.45) is 5.92 Å². The third-order valence-corrected chi connectivity index (χ3v) is 8.45. The molecule has 0 radical (unpaired) electrons. The Kier molecular flexibility index (Phi) is 8.89. The molecule has 6 rings (SSSR count). The Balaban J connectivity index is 1.18. The molecule has 2 saturated heterocycles. The van der Waals surface area contributed by atoms with Crippen molar-refractivity contribution in [3.8, 4) is 0 Å². The van der Waals surface area contributed by atoms with Crippen LogP contribution in [0.5, 0.6) is 0 Å². The summed E-state index contributed by atoms with van der Waals surface area (Å²) in [5, 5.41) is 5.29. The van der Waals surface area contributed by atoms with Gasteiger partial charge in [-0.05, 0) is 48.7 Å². The maximum Gasteiger partial charge on any atom is 0.280 e. The van der Waals surface area contributed by atoms with Crippen molar-refractivity contribution in [1.82, 2.24) is 19.6 Å². The molecule has 2 aliphatic rings. The first-order valence-electron chi connectivity index (χ1n) is 14.9. The van der Waals surface area contributed by atoms with Crippen LogP contribution in [0.2, 0.25) is 0 Å². The van der Waals surface area contributed by atoms with Gasteiger partial charge >= 0.3 is 0 Å². The molecule has 44 heavy (non-hydrogen) atoms. The smallest absolute Gasteiger partial charge is 0.280 e. The molecule has 2 fully saturated rings. The monoisotopic (exact) mass is 606 g/mol. The molecule has 10 nitrogen and oxygen atoms in total. The highest BCUT2D eigenvalue weighted by Crippen LogP contribution is 2.35.